The number of nitrogens with one attached hydrogen (secondary N) is 1. The van der Waals surface area contributed by atoms with Gasteiger partial charge in [0, 0.05) is 10.8 Å². The van der Waals surface area contributed by atoms with Crippen molar-refractivity contribution < 1.29 is 14.7 Å². The number of nitrogens with zero attached hydrogens (tertiary/aromatic N) is 2. The van der Waals surface area contributed by atoms with Gasteiger partial charge in [-0.25, -0.2) is 14.8 Å². The number of carbonyl (C=O) groups excluding carboxylic acids is 1. The van der Waals surface area contributed by atoms with E-state index in [1.807, 2.05) is 12.1 Å². The number of thioether (sulfide) groups is 1. The number of rotatable bonds is 7. The zero-order chi connectivity index (χ0) is 19.3. The number of hydrogen-bond acceptors (Lipinski definition) is 5. The van der Waals surface area contributed by atoms with Crippen molar-refractivity contribution >= 4 is 46.8 Å². The first-order valence-electron chi connectivity index (χ1n) is 7.71. The molecule has 0 bridgehead atoms. The molecule has 0 aliphatic rings. The SMILES string of the molecule is CC(C)C(NC(=O)c1nc(SCc2ccc(Cl)cc2)ncc1Cl)C(=O)O. The summed E-state index contributed by atoms with van der Waals surface area (Å²) in [6.07, 6.45) is 1.33. The fourth-order valence-corrected chi connectivity index (χ4v) is 3.11. The molecule has 138 valence electrons. The number of halogens is 2. The maximum absolute atomic E-state index is 12.4. The zero-order valence-electron chi connectivity index (χ0n) is 14.1. The van der Waals surface area contributed by atoms with Crippen molar-refractivity contribution in [1.82, 2.24) is 15.3 Å². The molecule has 1 amide bonds. The lowest BCUT2D eigenvalue weighted by molar-refractivity contribution is -0.140. The van der Waals surface area contributed by atoms with E-state index in [2.05, 4.69) is 15.3 Å². The van der Waals surface area contributed by atoms with E-state index in [1.165, 1.54) is 18.0 Å². The van der Waals surface area contributed by atoms with Crippen molar-refractivity contribution in [3.05, 3.63) is 51.8 Å². The highest BCUT2D eigenvalue weighted by Crippen LogP contribution is 2.23. The van der Waals surface area contributed by atoms with Crippen LogP contribution in [-0.4, -0.2) is 33.0 Å². The van der Waals surface area contributed by atoms with Crippen molar-refractivity contribution in [2.75, 3.05) is 0 Å². The standard InChI is InChI=1S/C17H17Cl2N3O3S/c1-9(2)13(16(24)25)21-15(23)14-12(19)7-20-17(22-14)26-8-10-3-5-11(18)6-4-10/h3-7,9,13H,8H2,1-2H3,(H,21,23)(H,24,25). The molecule has 1 heterocycles. The highest BCUT2D eigenvalue weighted by Gasteiger charge is 2.25. The summed E-state index contributed by atoms with van der Waals surface area (Å²) < 4.78 is 0. The summed E-state index contributed by atoms with van der Waals surface area (Å²) in [5.74, 6) is -1.46. The van der Waals surface area contributed by atoms with Gasteiger partial charge in [0.05, 0.1) is 11.2 Å². The summed E-state index contributed by atoms with van der Waals surface area (Å²) in [7, 11) is 0. The van der Waals surface area contributed by atoms with E-state index in [1.54, 1.807) is 26.0 Å². The average molecular weight is 414 g/mol. The van der Waals surface area contributed by atoms with Crippen LogP contribution in [0.5, 0.6) is 0 Å². The number of carboxylic acid groups (broad SMARTS) is 1. The van der Waals surface area contributed by atoms with Crippen LogP contribution in [0.15, 0.2) is 35.6 Å². The largest absolute Gasteiger partial charge is 0.480 e. The molecule has 1 unspecified atom stereocenters. The van der Waals surface area contributed by atoms with Gasteiger partial charge in [-0.15, -0.1) is 0 Å². The second-order valence-corrected chi connectivity index (χ2v) is 7.58. The lowest BCUT2D eigenvalue weighted by Crippen LogP contribution is -2.44. The third-order valence-electron chi connectivity index (χ3n) is 3.44. The maximum atomic E-state index is 12.4. The van der Waals surface area contributed by atoms with Gasteiger partial charge in [0.25, 0.3) is 5.91 Å². The number of carboxylic acids is 1. The van der Waals surface area contributed by atoms with Crippen molar-refractivity contribution in [3.8, 4) is 0 Å². The van der Waals surface area contributed by atoms with E-state index in [0.29, 0.717) is 15.9 Å². The minimum atomic E-state index is -1.11. The Labute approximate surface area is 165 Å². The number of amides is 1. The predicted molar refractivity (Wildman–Crippen MR) is 102 cm³/mol. The molecule has 6 nitrogen and oxygen atoms in total. The highest BCUT2D eigenvalue weighted by molar-refractivity contribution is 7.98. The van der Waals surface area contributed by atoms with Gasteiger partial charge in [-0.2, -0.15) is 0 Å². The first kappa shape index (κ1) is 20.5. The van der Waals surface area contributed by atoms with Crippen molar-refractivity contribution in [3.63, 3.8) is 0 Å². The first-order chi connectivity index (χ1) is 12.3. The Morgan fingerprint density at radius 1 is 1.23 bits per heavy atom. The lowest BCUT2D eigenvalue weighted by Gasteiger charge is -2.17. The van der Waals surface area contributed by atoms with Crippen molar-refractivity contribution in [2.24, 2.45) is 5.92 Å². The van der Waals surface area contributed by atoms with Crippen molar-refractivity contribution in [2.45, 2.75) is 30.8 Å². The van der Waals surface area contributed by atoms with Crippen LogP contribution in [0.3, 0.4) is 0 Å². The van der Waals surface area contributed by atoms with Gasteiger partial charge in [0.2, 0.25) is 0 Å². The number of carbonyl (C=O) groups is 2. The summed E-state index contributed by atoms with van der Waals surface area (Å²) in [5.41, 5.74) is 0.974. The number of benzene rings is 1. The predicted octanol–water partition coefficient (Wildman–Crippen LogP) is 3.91. The van der Waals surface area contributed by atoms with Gasteiger partial charge in [0.1, 0.15) is 6.04 Å². The van der Waals surface area contributed by atoms with Gasteiger partial charge in [-0.05, 0) is 23.6 Å². The van der Waals surface area contributed by atoms with Crippen LogP contribution in [0, 0.1) is 5.92 Å². The lowest BCUT2D eigenvalue weighted by atomic mass is 10.0. The quantitative estimate of drug-likeness (QED) is 0.527. The Bertz CT molecular complexity index is 800. The van der Waals surface area contributed by atoms with E-state index >= 15 is 0 Å². The van der Waals surface area contributed by atoms with E-state index < -0.39 is 17.9 Å². The molecular weight excluding hydrogens is 397 g/mol. The zero-order valence-corrected chi connectivity index (χ0v) is 16.4. The summed E-state index contributed by atoms with van der Waals surface area (Å²) in [6.45, 7) is 3.40. The van der Waals surface area contributed by atoms with E-state index in [0.717, 1.165) is 5.56 Å². The molecule has 0 saturated carbocycles. The molecule has 2 aromatic rings. The third-order valence-corrected chi connectivity index (χ3v) is 4.90. The van der Waals surface area contributed by atoms with E-state index in [9.17, 15) is 14.7 Å². The van der Waals surface area contributed by atoms with Crippen molar-refractivity contribution in [1.29, 1.82) is 0 Å². The minimum absolute atomic E-state index is 0.0489. The monoisotopic (exact) mass is 413 g/mol. The molecule has 1 aromatic heterocycles. The molecule has 2 rings (SSSR count). The molecule has 0 fully saturated rings. The molecule has 1 atom stereocenters. The van der Waals surface area contributed by atoms with Gasteiger partial charge < -0.3 is 10.4 Å². The summed E-state index contributed by atoms with van der Waals surface area (Å²) in [6, 6.07) is 6.32. The Kier molecular flexibility index (Phi) is 7.25. The molecule has 2 N–H and O–H groups in total. The second kappa shape index (κ2) is 9.21. The van der Waals surface area contributed by atoms with Gasteiger partial charge in [-0.1, -0.05) is 60.9 Å². The number of aromatic nitrogens is 2. The maximum Gasteiger partial charge on any atom is 0.326 e. The van der Waals surface area contributed by atoms with Crippen LogP contribution in [0.4, 0.5) is 0 Å². The molecule has 26 heavy (non-hydrogen) atoms. The minimum Gasteiger partial charge on any atom is -0.480 e. The molecule has 0 aliphatic heterocycles. The Hall–Kier alpha value is -1.83. The normalized spacial score (nSPS) is 12.0. The summed E-state index contributed by atoms with van der Waals surface area (Å²) in [5, 5.41) is 12.7. The molecule has 0 radical (unpaired) electrons. The van der Waals surface area contributed by atoms with Crippen LogP contribution in [0.25, 0.3) is 0 Å². The Morgan fingerprint density at radius 3 is 2.46 bits per heavy atom. The molecule has 0 saturated heterocycles. The summed E-state index contributed by atoms with van der Waals surface area (Å²) in [4.78, 5) is 31.9. The average Bonchev–Trinajstić information content (AvgIpc) is 2.59. The van der Waals surface area contributed by atoms with Gasteiger partial charge >= 0.3 is 5.97 Å². The van der Waals surface area contributed by atoms with Crippen LogP contribution in [0.1, 0.15) is 29.9 Å². The summed E-state index contributed by atoms with van der Waals surface area (Å²) >= 11 is 13.2. The molecule has 0 spiro atoms. The Balaban J connectivity index is 2.11. The van der Waals surface area contributed by atoms with Crippen LogP contribution in [-0.2, 0) is 10.5 Å². The highest BCUT2D eigenvalue weighted by atomic mass is 35.5. The molecule has 0 aliphatic carbocycles. The molecule has 1 aromatic carbocycles. The van der Waals surface area contributed by atoms with Gasteiger partial charge in [0.15, 0.2) is 10.9 Å². The second-order valence-electron chi connectivity index (χ2n) is 5.80. The number of aliphatic carboxylic acids is 1. The third kappa shape index (κ3) is 5.59. The molecular formula is C17H17Cl2N3O3S. The smallest absolute Gasteiger partial charge is 0.326 e. The van der Waals surface area contributed by atoms with Crippen LogP contribution >= 0.6 is 35.0 Å². The van der Waals surface area contributed by atoms with E-state index in [-0.39, 0.29) is 16.6 Å². The Morgan fingerprint density at radius 2 is 1.88 bits per heavy atom. The fourth-order valence-electron chi connectivity index (χ4n) is 2.03. The van der Waals surface area contributed by atoms with E-state index in [4.69, 9.17) is 23.2 Å². The van der Waals surface area contributed by atoms with Crippen LogP contribution in [0.2, 0.25) is 10.0 Å². The van der Waals surface area contributed by atoms with Crippen LogP contribution < -0.4 is 5.32 Å². The molecule has 9 heteroatoms. The first-order valence-corrected chi connectivity index (χ1v) is 9.45. The topological polar surface area (TPSA) is 92.2 Å². The number of hydrogen-bond donors (Lipinski definition) is 2. The fraction of sp³-hybridized carbons (Fsp3) is 0.294. The van der Waals surface area contributed by atoms with Gasteiger partial charge in [-0.3, -0.25) is 4.79 Å².